The summed E-state index contributed by atoms with van der Waals surface area (Å²) >= 11 is 0. The van der Waals surface area contributed by atoms with Crippen LogP contribution in [-0.2, 0) is 11.3 Å². The molecule has 0 aromatic carbocycles. The number of hydrogen-bond donors (Lipinski definition) is 0. The van der Waals surface area contributed by atoms with Gasteiger partial charge in [0.1, 0.15) is 6.54 Å². The van der Waals surface area contributed by atoms with Crippen LogP contribution in [0.4, 0.5) is 0 Å². The number of rotatable bonds is 3. The minimum Gasteiger partial charge on any atom is -0.344 e. The number of likely N-dealkylation sites (tertiary alicyclic amines) is 1. The van der Waals surface area contributed by atoms with Gasteiger partial charge in [-0.15, -0.1) is 0 Å². The number of hydrogen-bond acceptors (Lipinski definition) is 2. The molecule has 1 aliphatic rings. The minimum atomic E-state index is 0.0379. The Balaban J connectivity index is 1.94. The van der Waals surface area contributed by atoms with Crippen molar-refractivity contribution < 1.29 is 9.59 Å². The molecule has 0 N–H and O–H groups in total. The number of amides is 1. The van der Waals surface area contributed by atoms with Crippen LogP contribution in [0.2, 0.25) is 0 Å². The van der Waals surface area contributed by atoms with Crippen molar-refractivity contribution in [1.29, 1.82) is 0 Å². The van der Waals surface area contributed by atoms with E-state index in [4.69, 9.17) is 0 Å². The topological polar surface area (TPSA) is 42.3 Å². The van der Waals surface area contributed by atoms with Crippen molar-refractivity contribution in [3.05, 3.63) is 24.0 Å². The molecular weight excluding hydrogens is 228 g/mol. The van der Waals surface area contributed by atoms with E-state index in [1.807, 2.05) is 4.90 Å². The quantitative estimate of drug-likeness (QED) is 0.769. The van der Waals surface area contributed by atoms with Gasteiger partial charge in [0.15, 0.2) is 5.78 Å². The summed E-state index contributed by atoms with van der Waals surface area (Å²) in [7, 11) is 0. The predicted molar refractivity (Wildman–Crippen MR) is 69.5 cm³/mol. The fourth-order valence-corrected chi connectivity index (χ4v) is 2.32. The highest BCUT2D eigenvalue weighted by Gasteiger charge is 2.15. The van der Waals surface area contributed by atoms with E-state index >= 15 is 0 Å². The van der Waals surface area contributed by atoms with Gasteiger partial charge in [-0.2, -0.15) is 0 Å². The molecule has 1 aromatic heterocycles. The molecule has 98 valence electrons. The number of aromatic nitrogens is 1. The van der Waals surface area contributed by atoms with Crippen LogP contribution in [0.15, 0.2) is 18.5 Å². The van der Waals surface area contributed by atoms with Crippen molar-refractivity contribution in [2.45, 2.75) is 39.2 Å². The van der Waals surface area contributed by atoms with E-state index in [-0.39, 0.29) is 11.7 Å². The maximum absolute atomic E-state index is 12.1. The average Bonchev–Trinajstić information content (AvgIpc) is 2.64. The lowest BCUT2D eigenvalue weighted by Crippen LogP contribution is -2.34. The van der Waals surface area contributed by atoms with Crippen LogP contribution in [-0.4, -0.2) is 34.2 Å². The monoisotopic (exact) mass is 248 g/mol. The fraction of sp³-hybridized carbons (Fsp3) is 0.571. The normalized spacial score (nSPS) is 16.4. The van der Waals surface area contributed by atoms with Gasteiger partial charge in [0.05, 0.1) is 0 Å². The number of Topliss-reactive ketones (excluding diaryl/α,β-unsaturated/α-hetero) is 1. The standard InChI is InChI=1S/C14H20N2O2/c1-12(17)13-6-9-15(10-13)11-14(18)16-7-4-2-3-5-8-16/h6,9-10H,2-5,7-8,11H2,1H3. The van der Waals surface area contributed by atoms with E-state index < -0.39 is 0 Å². The first-order valence-corrected chi connectivity index (χ1v) is 6.61. The van der Waals surface area contributed by atoms with E-state index in [9.17, 15) is 9.59 Å². The van der Waals surface area contributed by atoms with Gasteiger partial charge in [0.25, 0.3) is 0 Å². The minimum absolute atomic E-state index is 0.0379. The highest BCUT2D eigenvalue weighted by molar-refractivity contribution is 5.93. The Labute approximate surface area is 108 Å². The Morgan fingerprint density at radius 1 is 1.17 bits per heavy atom. The molecule has 2 heterocycles. The van der Waals surface area contributed by atoms with E-state index in [2.05, 4.69) is 0 Å². The molecule has 0 spiro atoms. The summed E-state index contributed by atoms with van der Waals surface area (Å²) in [6, 6.07) is 1.76. The Hall–Kier alpha value is -1.58. The second-order valence-corrected chi connectivity index (χ2v) is 4.92. The first kappa shape index (κ1) is 12.9. The maximum atomic E-state index is 12.1. The Morgan fingerprint density at radius 2 is 1.83 bits per heavy atom. The maximum Gasteiger partial charge on any atom is 0.242 e. The van der Waals surface area contributed by atoms with Crippen molar-refractivity contribution in [1.82, 2.24) is 9.47 Å². The number of nitrogens with zero attached hydrogens (tertiary/aromatic N) is 2. The van der Waals surface area contributed by atoms with Crippen LogP contribution in [0.3, 0.4) is 0 Å². The zero-order chi connectivity index (χ0) is 13.0. The molecule has 0 unspecified atom stereocenters. The van der Waals surface area contributed by atoms with Gasteiger partial charge in [-0.25, -0.2) is 0 Å². The van der Waals surface area contributed by atoms with Crippen LogP contribution in [0.25, 0.3) is 0 Å². The molecule has 1 amide bonds. The number of carbonyl (C=O) groups excluding carboxylic acids is 2. The third-order valence-corrected chi connectivity index (χ3v) is 3.43. The molecule has 1 fully saturated rings. The van der Waals surface area contributed by atoms with Crippen LogP contribution in [0.1, 0.15) is 43.0 Å². The third kappa shape index (κ3) is 3.22. The van der Waals surface area contributed by atoms with Gasteiger partial charge in [-0.05, 0) is 25.8 Å². The van der Waals surface area contributed by atoms with Crippen molar-refractivity contribution in [2.75, 3.05) is 13.1 Å². The lowest BCUT2D eigenvalue weighted by molar-refractivity contribution is -0.131. The fourth-order valence-electron chi connectivity index (χ4n) is 2.32. The van der Waals surface area contributed by atoms with E-state index in [0.717, 1.165) is 25.9 Å². The van der Waals surface area contributed by atoms with Crippen LogP contribution in [0, 0.1) is 0 Å². The molecule has 2 rings (SSSR count). The van der Waals surface area contributed by atoms with Crippen molar-refractivity contribution in [2.24, 2.45) is 0 Å². The Bertz CT molecular complexity index is 429. The number of ketones is 1. The highest BCUT2D eigenvalue weighted by atomic mass is 16.2. The Kier molecular flexibility index (Phi) is 4.18. The first-order chi connectivity index (χ1) is 8.66. The molecule has 0 aliphatic carbocycles. The largest absolute Gasteiger partial charge is 0.344 e. The molecule has 0 bridgehead atoms. The molecular formula is C14H20N2O2. The summed E-state index contributed by atoms with van der Waals surface area (Å²) in [6.07, 6.45) is 8.21. The molecule has 1 aliphatic heterocycles. The van der Waals surface area contributed by atoms with Crippen molar-refractivity contribution in [3.63, 3.8) is 0 Å². The Morgan fingerprint density at radius 3 is 2.39 bits per heavy atom. The lowest BCUT2D eigenvalue weighted by atomic mass is 10.2. The molecule has 1 saturated heterocycles. The average molecular weight is 248 g/mol. The summed E-state index contributed by atoms with van der Waals surface area (Å²) in [5.41, 5.74) is 0.665. The van der Waals surface area contributed by atoms with Crippen LogP contribution < -0.4 is 0 Å². The molecule has 0 radical (unpaired) electrons. The zero-order valence-electron chi connectivity index (χ0n) is 10.9. The van der Waals surface area contributed by atoms with Gasteiger partial charge in [0.2, 0.25) is 5.91 Å². The molecule has 18 heavy (non-hydrogen) atoms. The SMILES string of the molecule is CC(=O)c1ccn(CC(=O)N2CCCCCC2)c1. The molecule has 4 heteroatoms. The van der Waals surface area contributed by atoms with Gasteiger partial charge >= 0.3 is 0 Å². The molecule has 0 atom stereocenters. The van der Waals surface area contributed by atoms with Crippen molar-refractivity contribution in [3.8, 4) is 0 Å². The highest BCUT2D eigenvalue weighted by Crippen LogP contribution is 2.11. The van der Waals surface area contributed by atoms with Gasteiger partial charge in [-0.1, -0.05) is 12.8 Å². The van der Waals surface area contributed by atoms with Gasteiger partial charge < -0.3 is 9.47 Å². The third-order valence-electron chi connectivity index (χ3n) is 3.43. The van der Waals surface area contributed by atoms with Crippen molar-refractivity contribution >= 4 is 11.7 Å². The van der Waals surface area contributed by atoms with Crippen LogP contribution >= 0.6 is 0 Å². The molecule has 0 saturated carbocycles. The zero-order valence-corrected chi connectivity index (χ0v) is 10.9. The summed E-state index contributed by atoms with van der Waals surface area (Å²) in [6.45, 7) is 3.63. The predicted octanol–water partition coefficient (Wildman–Crippen LogP) is 2.09. The molecule has 1 aromatic rings. The second kappa shape index (κ2) is 5.85. The van der Waals surface area contributed by atoms with E-state index in [1.165, 1.54) is 19.8 Å². The molecule has 4 nitrogen and oxygen atoms in total. The van der Waals surface area contributed by atoms with E-state index in [1.54, 1.807) is 23.0 Å². The summed E-state index contributed by atoms with van der Waals surface area (Å²) in [5, 5.41) is 0. The lowest BCUT2D eigenvalue weighted by Gasteiger charge is -2.20. The van der Waals surface area contributed by atoms with Gasteiger partial charge in [-0.3, -0.25) is 9.59 Å². The van der Waals surface area contributed by atoms with E-state index in [0.29, 0.717) is 12.1 Å². The van der Waals surface area contributed by atoms with Gasteiger partial charge in [0, 0.05) is 31.0 Å². The summed E-state index contributed by atoms with van der Waals surface area (Å²) < 4.78 is 1.80. The summed E-state index contributed by atoms with van der Waals surface area (Å²) in [5.74, 6) is 0.193. The second-order valence-electron chi connectivity index (χ2n) is 4.92. The summed E-state index contributed by atoms with van der Waals surface area (Å²) in [4.78, 5) is 25.2. The smallest absolute Gasteiger partial charge is 0.242 e. The first-order valence-electron chi connectivity index (χ1n) is 6.61. The number of carbonyl (C=O) groups is 2. The van der Waals surface area contributed by atoms with Crippen LogP contribution in [0.5, 0.6) is 0 Å².